The van der Waals surface area contributed by atoms with Gasteiger partial charge in [-0.3, -0.25) is 9.59 Å². The monoisotopic (exact) mass is 244 g/mol. The SMILES string of the molecule is CCN(Cc1cc(=O)[nH]c2ccccc12)C(C)=O. The summed E-state index contributed by atoms with van der Waals surface area (Å²) in [7, 11) is 0. The maximum atomic E-state index is 11.6. The summed E-state index contributed by atoms with van der Waals surface area (Å²) in [5, 5.41) is 0.983. The van der Waals surface area contributed by atoms with Gasteiger partial charge in [-0.25, -0.2) is 0 Å². The Kier molecular flexibility index (Phi) is 3.46. The summed E-state index contributed by atoms with van der Waals surface area (Å²) < 4.78 is 0. The number of hydrogen-bond donors (Lipinski definition) is 1. The molecule has 4 nitrogen and oxygen atoms in total. The van der Waals surface area contributed by atoms with Crippen LogP contribution in [-0.2, 0) is 11.3 Å². The zero-order valence-corrected chi connectivity index (χ0v) is 10.6. The molecule has 0 fully saturated rings. The van der Waals surface area contributed by atoms with Crippen LogP contribution < -0.4 is 5.56 Å². The Balaban J connectivity index is 2.50. The van der Waals surface area contributed by atoms with E-state index in [2.05, 4.69) is 4.98 Å². The van der Waals surface area contributed by atoms with Crippen LogP contribution in [-0.4, -0.2) is 22.3 Å². The second-order valence-electron chi connectivity index (χ2n) is 4.24. The van der Waals surface area contributed by atoms with Gasteiger partial charge < -0.3 is 9.88 Å². The Morgan fingerprint density at radius 1 is 1.33 bits per heavy atom. The molecule has 4 heteroatoms. The van der Waals surface area contributed by atoms with Gasteiger partial charge in [0, 0.05) is 37.0 Å². The lowest BCUT2D eigenvalue weighted by atomic mass is 10.1. The third kappa shape index (κ3) is 2.42. The van der Waals surface area contributed by atoms with Crippen LogP contribution in [0.1, 0.15) is 19.4 Å². The van der Waals surface area contributed by atoms with Crippen LogP contribution in [0.3, 0.4) is 0 Å². The van der Waals surface area contributed by atoms with E-state index in [-0.39, 0.29) is 11.5 Å². The smallest absolute Gasteiger partial charge is 0.248 e. The molecule has 1 heterocycles. The van der Waals surface area contributed by atoms with Crippen LogP contribution in [0.4, 0.5) is 0 Å². The molecule has 0 saturated carbocycles. The quantitative estimate of drug-likeness (QED) is 0.896. The average Bonchev–Trinajstić information content (AvgIpc) is 2.35. The second kappa shape index (κ2) is 5.04. The van der Waals surface area contributed by atoms with E-state index in [1.165, 1.54) is 0 Å². The molecule has 0 unspecified atom stereocenters. The van der Waals surface area contributed by atoms with Crippen LogP contribution in [0.2, 0.25) is 0 Å². The van der Waals surface area contributed by atoms with Crippen LogP contribution in [0.5, 0.6) is 0 Å². The molecule has 0 spiro atoms. The maximum absolute atomic E-state index is 11.6. The number of nitrogens with one attached hydrogen (secondary N) is 1. The molecule has 1 aromatic carbocycles. The van der Waals surface area contributed by atoms with Gasteiger partial charge >= 0.3 is 0 Å². The normalized spacial score (nSPS) is 10.6. The van der Waals surface area contributed by atoms with Crippen molar-refractivity contribution in [1.29, 1.82) is 0 Å². The summed E-state index contributed by atoms with van der Waals surface area (Å²) >= 11 is 0. The van der Waals surface area contributed by atoms with Crippen molar-refractivity contribution in [3.63, 3.8) is 0 Å². The molecule has 0 atom stereocenters. The molecular weight excluding hydrogens is 228 g/mol. The molecule has 94 valence electrons. The molecular formula is C14H16N2O2. The predicted octanol–water partition coefficient (Wildman–Crippen LogP) is 1.90. The first kappa shape index (κ1) is 12.4. The first-order chi connectivity index (χ1) is 8.61. The lowest BCUT2D eigenvalue weighted by molar-refractivity contribution is -0.129. The van der Waals surface area contributed by atoms with Crippen molar-refractivity contribution in [3.05, 3.63) is 46.2 Å². The molecule has 0 bridgehead atoms. The molecule has 2 aromatic rings. The molecule has 0 aliphatic heterocycles. The van der Waals surface area contributed by atoms with E-state index < -0.39 is 0 Å². The highest BCUT2D eigenvalue weighted by atomic mass is 16.2. The molecule has 0 radical (unpaired) electrons. The number of pyridine rings is 1. The highest BCUT2D eigenvalue weighted by Gasteiger charge is 2.10. The minimum Gasteiger partial charge on any atom is -0.339 e. The topological polar surface area (TPSA) is 53.2 Å². The Bertz CT molecular complexity index is 631. The first-order valence-corrected chi connectivity index (χ1v) is 5.98. The molecule has 0 aliphatic rings. The Morgan fingerprint density at radius 3 is 2.72 bits per heavy atom. The number of rotatable bonds is 3. The fourth-order valence-corrected chi connectivity index (χ4v) is 2.06. The van der Waals surface area contributed by atoms with Crippen LogP contribution in [0.15, 0.2) is 35.1 Å². The van der Waals surface area contributed by atoms with E-state index >= 15 is 0 Å². The summed E-state index contributed by atoms with van der Waals surface area (Å²) in [5.74, 6) is 0.0156. The van der Waals surface area contributed by atoms with Gasteiger partial charge in [0.1, 0.15) is 0 Å². The minimum absolute atomic E-state index is 0.0156. The van der Waals surface area contributed by atoms with Gasteiger partial charge in [-0.1, -0.05) is 18.2 Å². The molecule has 0 aliphatic carbocycles. The number of carbonyl (C=O) groups excluding carboxylic acids is 1. The third-order valence-corrected chi connectivity index (χ3v) is 3.02. The number of nitrogens with zero attached hydrogens (tertiary/aromatic N) is 1. The van der Waals surface area contributed by atoms with E-state index in [1.807, 2.05) is 31.2 Å². The lowest BCUT2D eigenvalue weighted by Gasteiger charge is -2.19. The second-order valence-corrected chi connectivity index (χ2v) is 4.24. The lowest BCUT2D eigenvalue weighted by Crippen LogP contribution is -2.28. The largest absolute Gasteiger partial charge is 0.339 e. The van der Waals surface area contributed by atoms with E-state index in [1.54, 1.807) is 17.9 Å². The predicted molar refractivity (Wildman–Crippen MR) is 71.3 cm³/mol. The van der Waals surface area contributed by atoms with Crippen molar-refractivity contribution in [2.45, 2.75) is 20.4 Å². The van der Waals surface area contributed by atoms with Gasteiger partial charge in [-0.15, -0.1) is 0 Å². The minimum atomic E-state index is -0.136. The fraction of sp³-hybridized carbons (Fsp3) is 0.286. The summed E-state index contributed by atoms with van der Waals surface area (Å²) in [6.07, 6.45) is 0. The fourth-order valence-electron chi connectivity index (χ4n) is 2.06. The molecule has 1 amide bonds. The zero-order chi connectivity index (χ0) is 13.1. The molecule has 1 N–H and O–H groups in total. The van der Waals surface area contributed by atoms with Gasteiger partial charge in [-0.2, -0.15) is 0 Å². The van der Waals surface area contributed by atoms with Crippen LogP contribution in [0, 0.1) is 0 Å². The van der Waals surface area contributed by atoms with Crippen molar-refractivity contribution in [2.75, 3.05) is 6.54 Å². The summed E-state index contributed by atoms with van der Waals surface area (Å²) in [4.78, 5) is 27.5. The van der Waals surface area contributed by atoms with Gasteiger partial charge in [-0.05, 0) is 18.6 Å². The van der Waals surface area contributed by atoms with Gasteiger partial charge in [0.05, 0.1) is 0 Å². The summed E-state index contributed by atoms with van der Waals surface area (Å²) in [5.41, 5.74) is 1.55. The Morgan fingerprint density at radius 2 is 2.06 bits per heavy atom. The number of aromatic amines is 1. The molecule has 18 heavy (non-hydrogen) atoms. The van der Waals surface area contributed by atoms with E-state index in [4.69, 9.17) is 0 Å². The number of aromatic nitrogens is 1. The van der Waals surface area contributed by atoms with E-state index in [0.29, 0.717) is 13.1 Å². The third-order valence-electron chi connectivity index (χ3n) is 3.02. The van der Waals surface area contributed by atoms with Crippen molar-refractivity contribution in [3.8, 4) is 0 Å². The number of hydrogen-bond acceptors (Lipinski definition) is 2. The van der Waals surface area contributed by atoms with Crippen LogP contribution in [0.25, 0.3) is 10.9 Å². The summed E-state index contributed by atoms with van der Waals surface area (Å²) in [6, 6.07) is 9.19. The van der Waals surface area contributed by atoms with E-state index in [0.717, 1.165) is 16.5 Å². The van der Waals surface area contributed by atoms with Crippen molar-refractivity contribution in [2.24, 2.45) is 0 Å². The van der Waals surface area contributed by atoms with Crippen molar-refractivity contribution < 1.29 is 4.79 Å². The Labute approximate surface area is 105 Å². The van der Waals surface area contributed by atoms with Crippen molar-refractivity contribution >= 4 is 16.8 Å². The number of amides is 1. The van der Waals surface area contributed by atoms with Gasteiger partial charge in [0.2, 0.25) is 11.5 Å². The number of H-pyrrole nitrogens is 1. The number of fused-ring (bicyclic) bond motifs is 1. The van der Waals surface area contributed by atoms with Gasteiger partial charge in [0.25, 0.3) is 0 Å². The first-order valence-electron chi connectivity index (χ1n) is 5.98. The highest BCUT2D eigenvalue weighted by molar-refractivity contribution is 5.82. The Hall–Kier alpha value is -2.10. The molecule has 1 aromatic heterocycles. The highest BCUT2D eigenvalue weighted by Crippen LogP contribution is 2.16. The van der Waals surface area contributed by atoms with Gasteiger partial charge in [0.15, 0.2) is 0 Å². The number of para-hydroxylation sites is 1. The van der Waals surface area contributed by atoms with Crippen LogP contribution >= 0.6 is 0 Å². The number of benzene rings is 1. The maximum Gasteiger partial charge on any atom is 0.248 e. The average molecular weight is 244 g/mol. The standard InChI is InChI=1S/C14H16N2O2/c1-3-16(10(2)17)9-11-8-14(18)15-13-7-5-4-6-12(11)13/h4-8H,3,9H2,1-2H3,(H,15,18). The number of carbonyl (C=O) groups is 1. The van der Waals surface area contributed by atoms with Crippen molar-refractivity contribution in [1.82, 2.24) is 9.88 Å². The molecule has 0 saturated heterocycles. The summed E-state index contributed by atoms with van der Waals surface area (Å²) in [6.45, 7) is 4.57. The molecule has 2 rings (SSSR count). The van der Waals surface area contributed by atoms with E-state index in [9.17, 15) is 9.59 Å². The zero-order valence-electron chi connectivity index (χ0n) is 10.6.